The van der Waals surface area contributed by atoms with E-state index in [1.54, 1.807) is 11.3 Å². The number of thiophene rings is 1. The molecular weight excluding hydrogens is 334 g/mol. The predicted molar refractivity (Wildman–Crippen MR) is 89.8 cm³/mol. The molecule has 0 aliphatic rings. The number of para-hydroxylation sites is 1. The number of ether oxygens (including phenoxy) is 1. The van der Waals surface area contributed by atoms with Gasteiger partial charge in [0.25, 0.3) is 0 Å². The smallest absolute Gasteiger partial charge is 0.124 e. The minimum atomic E-state index is 0.181. The van der Waals surface area contributed by atoms with Gasteiger partial charge in [-0.05, 0) is 58.9 Å². The fourth-order valence-electron chi connectivity index (χ4n) is 2.18. The zero-order valence-corrected chi connectivity index (χ0v) is 14.3. The van der Waals surface area contributed by atoms with Crippen molar-refractivity contribution in [3.05, 3.63) is 50.6 Å². The number of hydrogen-bond acceptors (Lipinski definition) is 3. The normalized spacial score (nSPS) is 12.3. The zero-order chi connectivity index (χ0) is 14.4. The van der Waals surface area contributed by atoms with Crippen molar-refractivity contribution in [3.63, 3.8) is 0 Å². The molecule has 0 bridgehead atoms. The van der Waals surface area contributed by atoms with E-state index in [2.05, 4.69) is 51.7 Å². The van der Waals surface area contributed by atoms with Crippen molar-refractivity contribution in [2.45, 2.75) is 26.3 Å². The molecule has 1 unspecified atom stereocenters. The van der Waals surface area contributed by atoms with Gasteiger partial charge in [0, 0.05) is 5.56 Å². The summed E-state index contributed by atoms with van der Waals surface area (Å²) in [6.45, 7) is 5.87. The lowest BCUT2D eigenvalue weighted by molar-refractivity contribution is 0.333. The molecule has 1 aromatic carbocycles. The molecule has 0 aliphatic heterocycles. The molecule has 1 heterocycles. The number of halogens is 1. The first kappa shape index (κ1) is 15.5. The molecule has 20 heavy (non-hydrogen) atoms. The Hall–Kier alpha value is -0.840. The van der Waals surface area contributed by atoms with Crippen LogP contribution in [0.4, 0.5) is 0 Å². The molecule has 1 atom stereocenters. The van der Waals surface area contributed by atoms with Gasteiger partial charge in [0.05, 0.1) is 16.4 Å². The lowest BCUT2D eigenvalue weighted by atomic mass is 10.00. The van der Waals surface area contributed by atoms with Crippen molar-refractivity contribution in [3.8, 4) is 5.75 Å². The van der Waals surface area contributed by atoms with Crippen molar-refractivity contribution in [1.29, 1.82) is 0 Å². The minimum absolute atomic E-state index is 0.181. The van der Waals surface area contributed by atoms with E-state index in [0.29, 0.717) is 6.61 Å². The molecule has 2 nitrogen and oxygen atoms in total. The molecular formula is C16H20BrNOS. The van der Waals surface area contributed by atoms with Crippen LogP contribution in [-0.2, 0) is 0 Å². The average molecular weight is 354 g/mol. The molecule has 0 saturated carbocycles. The van der Waals surface area contributed by atoms with Crippen molar-refractivity contribution in [2.75, 3.05) is 13.2 Å². The minimum Gasteiger partial charge on any atom is -0.494 e. The number of benzene rings is 1. The van der Waals surface area contributed by atoms with Crippen LogP contribution in [0.3, 0.4) is 0 Å². The van der Waals surface area contributed by atoms with Crippen molar-refractivity contribution in [2.24, 2.45) is 0 Å². The highest BCUT2D eigenvalue weighted by Crippen LogP contribution is 2.33. The Kier molecular flexibility index (Phi) is 6.07. The maximum atomic E-state index is 5.78. The lowest BCUT2D eigenvalue weighted by Crippen LogP contribution is -2.23. The van der Waals surface area contributed by atoms with Crippen LogP contribution >= 0.6 is 27.3 Å². The van der Waals surface area contributed by atoms with E-state index in [-0.39, 0.29) is 6.04 Å². The second-order valence-corrected chi connectivity index (χ2v) is 6.83. The molecule has 108 valence electrons. The first-order chi connectivity index (χ1) is 9.76. The summed E-state index contributed by atoms with van der Waals surface area (Å²) in [5.41, 5.74) is 2.48. The number of nitrogens with one attached hydrogen (secondary N) is 1. The molecule has 1 N–H and O–H groups in total. The standard InChI is InChI=1S/C16H20BrNOS/c1-3-9-18-16(12-10-15(17)20-11-12)13-7-5-6-8-14(13)19-4-2/h5-8,10-11,16,18H,3-4,9H2,1-2H3. The van der Waals surface area contributed by atoms with E-state index in [0.717, 1.165) is 22.5 Å². The molecule has 0 amide bonds. The summed E-state index contributed by atoms with van der Waals surface area (Å²) in [4.78, 5) is 0. The summed E-state index contributed by atoms with van der Waals surface area (Å²) in [7, 11) is 0. The van der Waals surface area contributed by atoms with E-state index in [1.165, 1.54) is 11.1 Å². The van der Waals surface area contributed by atoms with Gasteiger partial charge in [-0.15, -0.1) is 11.3 Å². The van der Waals surface area contributed by atoms with Crippen LogP contribution in [0.25, 0.3) is 0 Å². The van der Waals surface area contributed by atoms with Crippen LogP contribution in [0.15, 0.2) is 39.5 Å². The Morgan fingerprint density at radius 2 is 2.10 bits per heavy atom. The number of rotatable bonds is 7. The summed E-state index contributed by atoms with van der Waals surface area (Å²) in [5, 5.41) is 5.81. The van der Waals surface area contributed by atoms with Crippen molar-refractivity contribution < 1.29 is 4.74 Å². The van der Waals surface area contributed by atoms with Gasteiger partial charge in [0.2, 0.25) is 0 Å². The molecule has 2 rings (SSSR count). The van der Waals surface area contributed by atoms with E-state index in [4.69, 9.17) is 4.74 Å². The van der Waals surface area contributed by atoms with Crippen LogP contribution in [-0.4, -0.2) is 13.2 Å². The monoisotopic (exact) mass is 353 g/mol. The quantitative estimate of drug-likeness (QED) is 0.756. The Morgan fingerprint density at radius 3 is 2.75 bits per heavy atom. The molecule has 4 heteroatoms. The Bertz CT molecular complexity index is 541. The van der Waals surface area contributed by atoms with Gasteiger partial charge in [-0.2, -0.15) is 0 Å². The highest BCUT2D eigenvalue weighted by Gasteiger charge is 2.18. The van der Waals surface area contributed by atoms with Crippen LogP contribution in [0.2, 0.25) is 0 Å². The predicted octanol–water partition coefficient (Wildman–Crippen LogP) is 5.00. The Morgan fingerprint density at radius 1 is 1.30 bits per heavy atom. The summed E-state index contributed by atoms with van der Waals surface area (Å²) in [6, 6.07) is 10.6. The third kappa shape index (κ3) is 3.84. The Labute approximate surface area is 133 Å². The number of hydrogen-bond donors (Lipinski definition) is 1. The molecule has 0 aliphatic carbocycles. The zero-order valence-electron chi connectivity index (χ0n) is 11.9. The van der Waals surface area contributed by atoms with Gasteiger partial charge in [-0.3, -0.25) is 0 Å². The van der Waals surface area contributed by atoms with Crippen molar-refractivity contribution in [1.82, 2.24) is 5.32 Å². The van der Waals surface area contributed by atoms with Gasteiger partial charge in [0.1, 0.15) is 5.75 Å². The third-order valence-electron chi connectivity index (χ3n) is 3.05. The van der Waals surface area contributed by atoms with E-state index >= 15 is 0 Å². The molecule has 1 aromatic heterocycles. The van der Waals surface area contributed by atoms with Crippen molar-refractivity contribution >= 4 is 27.3 Å². The molecule has 0 saturated heterocycles. The fraction of sp³-hybridized carbons (Fsp3) is 0.375. The van der Waals surface area contributed by atoms with Crippen LogP contribution in [0, 0.1) is 0 Å². The van der Waals surface area contributed by atoms with E-state index in [1.807, 2.05) is 19.1 Å². The molecule has 2 aromatic rings. The Balaban J connectivity index is 2.35. The lowest BCUT2D eigenvalue weighted by Gasteiger charge is -2.21. The topological polar surface area (TPSA) is 21.3 Å². The maximum Gasteiger partial charge on any atom is 0.124 e. The molecule has 0 fully saturated rings. The second kappa shape index (κ2) is 7.81. The van der Waals surface area contributed by atoms with Crippen LogP contribution in [0.5, 0.6) is 5.75 Å². The summed E-state index contributed by atoms with van der Waals surface area (Å²) >= 11 is 5.27. The largest absolute Gasteiger partial charge is 0.494 e. The third-order valence-corrected chi connectivity index (χ3v) is 4.57. The average Bonchev–Trinajstić information content (AvgIpc) is 2.88. The van der Waals surface area contributed by atoms with Gasteiger partial charge in [-0.25, -0.2) is 0 Å². The summed E-state index contributed by atoms with van der Waals surface area (Å²) in [6.07, 6.45) is 1.11. The van der Waals surface area contributed by atoms with Gasteiger partial charge in [0.15, 0.2) is 0 Å². The molecule has 0 radical (unpaired) electrons. The van der Waals surface area contributed by atoms with E-state index in [9.17, 15) is 0 Å². The first-order valence-electron chi connectivity index (χ1n) is 6.95. The first-order valence-corrected chi connectivity index (χ1v) is 8.62. The SMILES string of the molecule is CCCNC(c1csc(Br)c1)c1ccccc1OCC. The van der Waals surface area contributed by atoms with Gasteiger partial charge < -0.3 is 10.1 Å². The van der Waals surface area contributed by atoms with Gasteiger partial charge >= 0.3 is 0 Å². The van der Waals surface area contributed by atoms with Gasteiger partial charge in [-0.1, -0.05) is 25.1 Å². The second-order valence-electron chi connectivity index (χ2n) is 4.54. The van der Waals surface area contributed by atoms with Crippen LogP contribution in [0.1, 0.15) is 37.4 Å². The summed E-state index contributed by atoms with van der Waals surface area (Å²) in [5.74, 6) is 0.964. The van der Waals surface area contributed by atoms with Crippen LogP contribution < -0.4 is 10.1 Å². The highest BCUT2D eigenvalue weighted by atomic mass is 79.9. The van der Waals surface area contributed by atoms with E-state index < -0.39 is 0 Å². The maximum absolute atomic E-state index is 5.78. The molecule has 0 spiro atoms. The fourth-order valence-corrected chi connectivity index (χ4v) is 3.38. The summed E-state index contributed by atoms with van der Waals surface area (Å²) < 4.78 is 6.94. The highest BCUT2D eigenvalue weighted by molar-refractivity contribution is 9.11.